The highest BCUT2D eigenvalue weighted by molar-refractivity contribution is 5.04. The van der Waals surface area contributed by atoms with E-state index in [2.05, 4.69) is 12.2 Å². The second kappa shape index (κ2) is 1.70. The molecule has 1 aliphatic heterocycles. The van der Waals surface area contributed by atoms with Gasteiger partial charge in [-0.3, -0.25) is 0 Å². The van der Waals surface area contributed by atoms with Gasteiger partial charge in [0, 0.05) is 12.6 Å². The van der Waals surface area contributed by atoms with E-state index >= 15 is 0 Å². The first-order valence-corrected chi connectivity index (χ1v) is 3.71. The molecule has 1 N–H and O–H groups in total. The van der Waals surface area contributed by atoms with Crippen LogP contribution < -0.4 is 5.32 Å². The lowest BCUT2D eigenvalue weighted by Gasteiger charge is -2.30. The summed E-state index contributed by atoms with van der Waals surface area (Å²) >= 11 is 0. The Morgan fingerprint density at radius 3 is 2.78 bits per heavy atom. The minimum absolute atomic E-state index is 0.276. The minimum Gasteiger partial charge on any atom is -0.372 e. The molecule has 0 aromatic carbocycles. The van der Waals surface area contributed by atoms with E-state index in [1.807, 2.05) is 0 Å². The van der Waals surface area contributed by atoms with Gasteiger partial charge in [-0.1, -0.05) is 0 Å². The standard InChI is InChI=1S/C7H13NO/c1-6-7(2-3-7)9-5-4-8-6/h6,8H,2-5H2,1H3/t6-/m0/s1. The maximum atomic E-state index is 5.63. The molecule has 9 heavy (non-hydrogen) atoms. The van der Waals surface area contributed by atoms with Crippen LogP contribution in [-0.2, 0) is 4.74 Å². The van der Waals surface area contributed by atoms with Crippen LogP contribution in [0.1, 0.15) is 19.8 Å². The van der Waals surface area contributed by atoms with Crippen molar-refractivity contribution in [1.29, 1.82) is 0 Å². The van der Waals surface area contributed by atoms with Crippen molar-refractivity contribution < 1.29 is 4.74 Å². The minimum atomic E-state index is 0.276. The normalized spacial score (nSPS) is 39.0. The summed E-state index contributed by atoms with van der Waals surface area (Å²) in [5.74, 6) is 0. The molecule has 0 aromatic rings. The average molecular weight is 127 g/mol. The highest BCUT2D eigenvalue weighted by Crippen LogP contribution is 2.43. The number of rotatable bonds is 0. The highest BCUT2D eigenvalue weighted by atomic mass is 16.5. The van der Waals surface area contributed by atoms with Crippen molar-refractivity contribution in [2.45, 2.75) is 31.4 Å². The average Bonchev–Trinajstić information content (AvgIpc) is 2.60. The van der Waals surface area contributed by atoms with Crippen LogP contribution in [0, 0.1) is 0 Å². The Morgan fingerprint density at radius 2 is 2.33 bits per heavy atom. The molecule has 0 radical (unpaired) electrons. The first kappa shape index (κ1) is 5.69. The Kier molecular flexibility index (Phi) is 1.08. The predicted octanol–water partition coefficient (Wildman–Crippen LogP) is 0.527. The lowest BCUT2D eigenvalue weighted by atomic mass is 10.1. The van der Waals surface area contributed by atoms with Crippen LogP contribution >= 0.6 is 0 Å². The molecule has 1 heterocycles. The molecular weight excluding hydrogens is 114 g/mol. The van der Waals surface area contributed by atoms with E-state index in [0.717, 1.165) is 13.2 Å². The van der Waals surface area contributed by atoms with Crippen molar-refractivity contribution in [1.82, 2.24) is 5.32 Å². The largest absolute Gasteiger partial charge is 0.372 e. The number of nitrogens with one attached hydrogen (secondary N) is 1. The fourth-order valence-electron chi connectivity index (χ4n) is 1.54. The van der Waals surface area contributed by atoms with Gasteiger partial charge >= 0.3 is 0 Å². The Bertz CT molecular complexity index is 120. The van der Waals surface area contributed by atoms with Crippen LogP contribution in [0.25, 0.3) is 0 Å². The first-order valence-electron chi connectivity index (χ1n) is 3.71. The van der Waals surface area contributed by atoms with Crippen molar-refractivity contribution in [3.63, 3.8) is 0 Å². The van der Waals surface area contributed by atoms with Crippen LogP contribution in [-0.4, -0.2) is 24.8 Å². The summed E-state index contributed by atoms with van der Waals surface area (Å²) in [5, 5.41) is 3.41. The van der Waals surface area contributed by atoms with Crippen LogP contribution in [0.4, 0.5) is 0 Å². The molecule has 0 unspecified atom stereocenters. The summed E-state index contributed by atoms with van der Waals surface area (Å²) in [7, 11) is 0. The molecule has 0 bridgehead atoms. The van der Waals surface area contributed by atoms with Gasteiger partial charge in [-0.05, 0) is 19.8 Å². The molecule has 1 aliphatic carbocycles. The van der Waals surface area contributed by atoms with Crippen molar-refractivity contribution in [2.24, 2.45) is 0 Å². The zero-order chi connectivity index (χ0) is 6.32. The van der Waals surface area contributed by atoms with E-state index in [4.69, 9.17) is 4.74 Å². The van der Waals surface area contributed by atoms with E-state index in [-0.39, 0.29) is 5.60 Å². The Morgan fingerprint density at radius 1 is 1.56 bits per heavy atom. The number of ether oxygens (including phenoxy) is 1. The summed E-state index contributed by atoms with van der Waals surface area (Å²) in [5.41, 5.74) is 0.276. The van der Waals surface area contributed by atoms with Crippen LogP contribution in [0.5, 0.6) is 0 Å². The van der Waals surface area contributed by atoms with E-state index < -0.39 is 0 Å². The van der Waals surface area contributed by atoms with Crippen LogP contribution in [0.2, 0.25) is 0 Å². The molecule has 2 aliphatic rings. The topological polar surface area (TPSA) is 21.3 Å². The molecule has 0 amide bonds. The molecular formula is C7H13NO. The van der Waals surface area contributed by atoms with Gasteiger partial charge in [0.1, 0.15) is 0 Å². The molecule has 1 spiro atoms. The van der Waals surface area contributed by atoms with Crippen molar-refractivity contribution >= 4 is 0 Å². The van der Waals surface area contributed by atoms with Gasteiger partial charge in [-0.15, -0.1) is 0 Å². The van der Waals surface area contributed by atoms with Gasteiger partial charge < -0.3 is 10.1 Å². The van der Waals surface area contributed by atoms with E-state index in [9.17, 15) is 0 Å². The summed E-state index contributed by atoms with van der Waals surface area (Å²) in [6.07, 6.45) is 2.53. The Hall–Kier alpha value is -0.0800. The van der Waals surface area contributed by atoms with E-state index in [0.29, 0.717) is 6.04 Å². The summed E-state index contributed by atoms with van der Waals surface area (Å²) in [6, 6.07) is 0.589. The predicted molar refractivity (Wildman–Crippen MR) is 35.4 cm³/mol. The quantitative estimate of drug-likeness (QED) is 0.512. The van der Waals surface area contributed by atoms with Crippen molar-refractivity contribution in [2.75, 3.05) is 13.2 Å². The molecule has 1 atom stereocenters. The third-order valence-corrected chi connectivity index (χ3v) is 2.47. The fraction of sp³-hybridized carbons (Fsp3) is 1.00. The SMILES string of the molecule is C[C@@H]1NCCOC12CC2. The molecule has 1 saturated heterocycles. The van der Waals surface area contributed by atoms with Gasteiger partial charge in [0.05, 0.1) is 12.2 Å². The van der Waals surface area contributed by atoms with E-state index in [1.165, 1.54) is 12.8 Å². The molecule has 1 saturated carbocycles. The van der Waals surface area contributed by atoms with Crippen LogP contribution in [0.15, 0.2) is 0 Å². The van der Waals surface area contributed by atoms with Gasteiger partial charge in [-0.25, -0.2) is 0 Å². The molecule has 2 rings (SSSR count). The van der Waals surface area contributed by atoms with Crippen molar-refractivity contribution in [3.05, 3.63) is 0 Å². The van der Waals surface area contributed by atoms with Gasteiger partial charge in [0.15, 0.2) is 0 Å². The zero-order valence-corrected chi connectivity index (χ0v) is 5.81. The Labute approximate surface area is 55.6 Å². The lowest BCUT2D eigenvalue weighted by molar-refractivity contribution is -0.0191. The third-order valence-electron chi connectivity index (χ3n) is 2.47. The maximum Gasteiger partial charge on any atom is 0.0834 e. The molecule has 52 valence electrons. The second-order valence-electron chi connectivity index (χ2n) is 3.09. The zero-order valence-electron chi connectivity index (χ0n) is 5.81. The van der Waals surface area contributed by atoms with Gasteiger partial charge in [0.2, 0.25) is 0 Å². The molecule has 2 fully saturated rings. The monoisotopic (exact) mass is 127 g/mol. The number of hydrogen-bond donors (Lipinski definition) is 1. The molecule has 2 nitrogen and oxygen atoms in total. The maximum absolute atomic E-state index is 5.63. The van der Waals surface area contributed by atoms with Gasteiger partial charge in [0.25, 0.3) is 0 Å². The lowest BCUT2D eigenvalue weighted by Crippen LogP contribution is -2.48. The first-order chi connectivity index (χ1) is 4.33. The summed E-state index contributed by atoms with van der Waals surface area (Å²) < 4.78 is 5.63. The third kappa shape index (κ3) is 0.775. The van der Waals surface area contributed by atoms with E-state index in [1.54, 1.807) is 0 Å². The van der Waals surface area contributed by atoms with Gasteiger partial charge in [-0.2, -0.15) is 0 Å². The molecule has 2 heteroatoms. The smallest absolute Gasteiger partial charge is 0.0834 e. The number of hydrogen-bond acceptors (Lipinski definition) is 2. The molecule has 0 aromatic heterocycles. The number of morpholine rings is 1. The van der Waals surface area contributed by atoms with Crippen LogP contribution in [0.3, 0.4) is 0 Å². The summed E-state index contributed by atoms with van der Waals surface area (Å²) in [4.78, 5) is 0. The summed E-state index contributed by atoms with van der Waals surface area (Å²) in [6.45, 7) is 4.15. The fourth-order valence-corrected chi connectivity index (χ4v) is 1.54. The second-order valence-corrected chi connectivity index (χ2v) is 3.09. The van der Waals surface area contributed by atoms with Crippen molar-refractivity contribution in [3.8, 4) is 0 Å². The highest BCUT2D eigenvalue weighted by Gasteiger charge is 2.50. The Balaban J connectivity index is 2.03.